The number of carbonyl (C=O) groups excluding carboxylic acids is 2. The summed E-state index contributed by atoms with van der Waals surface area (Å²) >= 11 is 0. The molecule has 1 N–H and O–H groups in total. The first kappa shape index (κ1) is 17.4. The third-order valence-corrected chi connectivity index (χ3v) is 5.11. The number of nitrogens with one attached hydrogen (secondary N) is 1. The Labute approximate surface area is 158 Å². The predicted molar refractivity (Wildman–Crippen MR) is 99.4 cm³/mol. The van der Waals surface area contributed by atoms with E-state index in [0.29, 0.717) is 25.9 Å². The number of amides is 2. The van der Waals surface area contributed by atoms with Gasteiger partial charge in [0.1, 0.15) is 6.04 Å². The van der Waals surface area contributed by atoms with Crippen LogP contribution >= 0.6 is 0 Å². The van der Waals surface area contributed by atoms with Crippen LogP contribution in [0.4, 0.5) is 0 Å². The number of ether oxygens (including phenoxy) is 2. The van der Waals surface area contributed by atoms with Crippen molar-refractivity contribution in [3.8, 4) is 11.5 Å². The van der Waals surface area contributed by atoms with Crippen LogP contribution in [0.15, 0.2) is 42.5 Å². The molecule has 2 amide bonds. The van der Waals surface area contributed by atoms with Crippen molar-refractivity contribution < 1.29 is 19.1 Å². The van der Waals surface area contributed by atoms with Gasteiger partial charge < -0.3 is 19.7 Å². The lowest BCUT2D eigenvalue weighted by atomic mass is 9.93. The molecule has 27 heavy (non-hydrogen) atoms. The van der Waals surface area contributed by atoms with Crippen LogP contribution in [0.2, 0.25) is 0 Å². The van der Waals surface area contributed by atoms with Crippen LogP contribution < -0.4 is 14.8 Å². The Morgan fingerprint density at radius 2 is 1.89 bits per heavy atom. The first-order valence-corrected chi connectivity index (χ1v) is 9.12. The minimum absolute atomic E-state index is 0.0829. The van der Waals surface area contributed by atoms with Crippen molar-refractivity contribution in [2.24, 2.45) is 0 Å². The highest BCUT2D eigenvalue weighted by molar-refractivity contribution is 5.87. The molecule has 0 bridgehead atoms. The van der Waals surface area contributed by atoms with Gasteiger partial charge in [-0.2, -0.15) is 0 Å². The smallest absolute Gasteiger partial charge is 0.243 e. The molecule has 2 aliphatic rings. The van der Waals surface area contributed by atoms with Gasteiger partial charge in [0.25, 0.3) is 0 Å². The molecular weight excluding hydrogens is 344 g/mol. The lowest BCUT2D eigenvalue weighted by molar-refractivity contribution is -0.140. The minimum atomic E-state index is -0.464. The summed E-state index contributed by atoms with van der Waals surface area (Å²) < 4.78 is 10.7. The quantitative estimate of drug-likeness (QED) is 0.899. The molecule has 1 atom stereocenters. The number of fused-ring (bicyclic) bond motifs is 2. The zero-order valence-corrected chi connectivity index (χ0v) is 15.2. The summed E-state index contributed by atoms with van der Waals surface area (Å²) in [6.45, 7) is 2.74. The van der Waals surface area contributed by atoms with E-state index in [-0.39, 0.29) is 18.6 Å². The van der Waals surface area contributed by atoms with Gasteiger partial charge in [0.05, 0.1) is 0 Å². The van der Waals surface area contributed by atoms with Crippen LogP contribution in [-0.4, -0.2) is 36.1 Å². The summed E-state index contributed by atoms with van der Waals surface area (Å²) in [7, 11) is 0. The van der Waals surface area contributed by atoms with Gasteiger partial charge in [0, 0.05) is 26.4 Å². The van der Waals surface area contributed by atoms with Crippen molar-refractivity contribution in [3.05, 3.63) is 59.2 Å². The van der Waals surface area contributed by atoms with Gasteiger partial charge in [-0.25, -0.2) is 0 Å². The average molecular weight is 366 g/mol. The van der Waals surface area contributed by atoms with E-state index in [1.807, 2.05) is 42.5 Å². The maximum atomic E-state index is 12.8. The number of nitrogens with zero attached hydrogens (tertiary/aromatic N) is 1. The molecule has 6 heteroatoms. The van der Waals surface area contributed by atoms with Crippen molar-refractivity contribution in [3.63, 3.8) is 0 Å². The predicted octanol–water partition coefficient (Wildman–Crippen LogP) is 2.05. The maximum Gasteiger partial charge on any atom is 0.243 e. The van der Waals surface area contributed by atoms with Crippen molar-refractivity contribution >= 4 is 11.8 Å². The second-order valence-corrected chi connectivity index (χ2v) is 6.86. The first-order valence-electron chi connectivity index (χ1n) is 9.12. The molecule has 140 valence electrons. The Morgan fingerprint density at radius 1 is 1.11 bits per heavy atom. The molecule has 2 aromatic rings. The largest absolute Gasteiger partial charge is 0.454 e. The third-order valence-electron chi connectivity index (χ3n) is 5.11. The summed E-state index contributed by atoms with van der Waals surface area (Å²) in [4.78, 5) is 26.4. The van der Waals surface area contributed by atoms with Crippen molar-refractivity contribution in [2.45, 2.75) is 32.4 Å². The Hall–Kier alpha value is -3.02. The standard InChI is InChI=1S/C21H22N2O4/c1-14(24)23-12-17-5-3-2-4-16(17)11-18(23)21(25)22-9-8-15-6-7-19-20(10-15)27-13-26-19/h2-7,10,18H,8-9,11-13H2,1H3,(H,22,25). The SMILES string of the molecule is CC(=O)N1Cc2ccccc2CC1C(=O)NCCc1ccc2c(c1)OCO2. The van der Waals surface area contributed by atoms with Crippen molar-refractivity contribution in [2.75, 3.05) is 13.3 Å². The molecule has 6 nitrogen and oxygen atoms in total. The molecule has 0 aromatic heterocycles. The molecule has 0 saturated carbocycles. The van der Waals surface area contributed by atoms with E-state index < -0.39 is 6.04 Å². The molecule has 2 heterocycles. The number of rotatable bonds is 4. The Kier molecular flexibility index (Phi) is 4.71. The number of carbonyl (C=O) groups is 2. The van der Waals surface area contributed by atoms with E-state index in [1.54, 1.807) is 4.90 Å². The van der Waals surface area contributed by atoms with E-state index in [2.05, 4.69) is 5.32 Å². The third kappa shape index (κ3) is 3.60. The molecule has 2 aliphatic heterocycles. The van der Waals surface area contributed by atoms with E-state index in [0.717, 1.165) is 28.2 Å². The second-order valence-electron chi connectivity index (χ2n) is 6.86. The number of hydrogen-bond acceptors (Lipinski definition) is 4. The fourth-order valence-corrected chi connectivity index (χ4v) is 3.63. The Bertz CT molecular complexity index is 880. The van der Waals surface area contributed by atoms with E-state index >= 15 is 0 Å². The van der Waals surface area contributed by atoms with Crippen molar-refractivity contribution in [1.82, 2.24) is 10.2 Å². The fourth-order valence-electron chi connectivity index (χ4n) is 3.63. The highest BCUT2D eigenvalue weighted by Gasteiger charge is 2.32. The zero-order valence-electron chi connectivity index (χ0n) is 15.2. The van der Waals surface area contributed by atoms with E-state index in [1.165, 1.54) is 6.92 Å². The normalized spacial score (nSPS) is 17.4. The summed E-state index contributed by atoms with van der Waals surface area (Å²) in [6, 6.07) is 13.3. The van der Waals surface area contributed by atoms with Crippen LogP contribution in [0.25, 0.3) is 0 Å². The highest BCUT2D eigenvalue weighted by Crippen LogP contribution is 2.32. The molecule has 4 rings (SSSR count). The average Bonchev–Trinajstić information content (AvgIpc) is 3.14. The molecule has 0 fully saturated rings. The molecule has 0 radical (unpaired) electrons. The minimum Gasteiger partial charge on any atom is -0.454 e. The number of benzene rings is 2. The maximum absolute atomic E-state index is 12.8. The van der Waals surface area contributed by atoms with Crippen LogP contribution in [0.1, 0.15) is 23.6 Å². The molecule has 0 saturated heterocycles. The van der Waals surface area contributed by atoms with Crippen LogP contribution in [0.5, 0.6) is 11.5 Å². The monoisotopic (exact) mass is 366 g/mol. The summed E-state index contributed by atoms with van der Waals surface area (Å²) in [5.74, 6) is 1.30. The summed E-state index contributed by atoms with van der Waals surface area (Å²) in [5.41, 5.74) is 3.31. The van der Waals surface area contributed by atoms with Gasteiger partial charge in [-0.15, -0.1) is 0 Å². The van der Waals surface area contributed by atoms with Gasteiger partial charge in [-0.1, -0.05) is 30.3 Å². The number of hydrogen-bond donors (Lipinski definition) is 1. The molecule has 2 aromatic carbocycles. The highest BCUT2D eigenvalue weighted by atomic mass is 16.7. The zero-order chi connectivity index (χ0) is 18.8. The molecule has 1 unspecified atom stereocenters. The van der Waals surface area contributed by atoms with Crippen LogP contribution in [0, 0.1) is 0 Å². The van der Waals surface area contributed by atoms with Crippen LogP contribution in [0.3, 0.4) is 0 Å². The topological polar surface area (TPSA) is 67.9 Å². The van der Waals surface area contributed by atoms with Gasteiger partial charge >= 0.3 is 0 Å². The molecular formula is C21H22N2O4. The lowest BCUT2D eigenvalue weighted by Gasteiger charge is -2.35. The van der Waals surface area contributed by atoms with Gasteiger partial charge in [-0.05, 0) is 35.2 Å². The van der Waals surface area contributed by atoms with Gasteiger partial charge in [0.15, 0.2) is 11.5 Å². The Balaban J connectivity index is 1.39. The van der Waals surface area contributed by atoms with Gasteiger partial charge in [0.2, 0.25) is 18.6 Å². The lowest BCUT2D eigenvalue weighted by Crippen LogP contribution is -2.52. The Morgan fingerprint density at radius 3 is 2.70 bits per heavy atom. The van der Waals surface area contributed by atoms with Crippen molar-refractivity contribution in [1.29, 1.82) is 0 Å². The molecule has 0 spiro atoms. The second kappa shape index (κ2) is 7.31. The van der Waals surface area contributed by atoms with E-state index in [9.17, 15) is 9.59 Å². The van der Waals surface area contributed by atoms with Crippen LogP contribution in [-0.2, 0) is 29.0 Å². The van der Waals surface area contributed by atoms with E-state index in [4.69, 9.17) is 9.47 Å². The summed E-state index contributed by atoms with van der Waals surface area (Å²) in [5, 5.41) is 2.98. The molecule has 0 aliphatic carbocycles. The summed E-state index contributed by atoms with van der Waals surface area (Å²) in [6.07, 6.45) is 1.23. The van der Waals surface area contributed by atoms with Gasteiger partial charge in [-0.3, -0.25) is 9.59 Å². The first-order chi connectivity index (χ1) is 13.1. The fraction of sp³-hybridized carbons (Fsp3) is 0.333.